The molecule has 1 amide bonds. The number of rotatable bonds is 6. The summed E-state index contributed by atoms with van der Waals surface area (Å²) in [4.78, 5) is 12.0. The van der Waals surface area contributed by atoms with Gasteiger partial charge in [-0.3, -0.25) is 0 Å². The van der Waals surface area contributed by atoms with Crippen LogP contribution in [-0.2, 0) is 18.4 Å². The summed E-state index contributed by atoms with van der Waals surface area (Å²) in [6.07, 6.45) is -1.16. The van der Waals surface area contributed by atoms with Crippen molar-refractivity contribution in [3.63, 3.8) is 0 Å². The molecule has 0 spiro atoms. The van der Waals surface area contributed by atoms with Crippen LogP contribution in [-0.4, -0.2) is 38.0 Å². The Labute approximate surface area is 115 Å². The van der Waals surface area contributed by atoms with E-state index < -0.39 is 12.1 Å². The highest BCUT2D eigenvalue weighted by molar-refractivity contribution is 5.64. The van der Waals surface area contributed by atoms with Gasteiger partial charge >= 0.3 is 6.09 Å². The molecule has 2 rings (SSSR count). The summed E-state index contributed by atoms with van der Waals surface area (Å²) in [5.74, 6) is 0.281. The number of aromatic nitrogens is 4. The minimum Gasteiger partial charge on any atom is -0.465 e. The van der Waals surface area contributed by atoms with E-state index in [1.54, 1.807) is 7.05 Å². The van der Waals surface area contributed by atoms with Gasteiger partial charge in [-0.2, -0.15) is 4.80 Å². The molecule has 0 aliphatic heterocycles. The standard InChI is InChI=1S/C12H15N5O3/c1-17-15-11(14-16-17)10(13-12(18)19)8-20-7-9-5-3-2-4-6-9/h2-6,10,13H,7-8H2,1H3,(H,18,19)/t10-/m0/s1. The number of carbonyl (C=O) groups is 1. The molecule has 0 fully saturated rings. The first-order chi connectivity index (χ1) is 9.65. The molecule has 0 aliphatic carbocycles. The third-order valence-corrected chi connectivity index (χ3v) is 2.53. The number of nitrogens with zero attached hydrogens (tertiary/aromatic N) is 4. The van der Waals surface area contributed by atoms with Gasteiger partial charge in [0.15, 0.2) is 5.82 Å². The Morgan fingerprint density at radius 1 is 1.45 bits per heavy atom. The summed E-state index contributed by atoms with van der Waals surface area (Å²) in [6, 6.07) is 8.96. The summed E-state index contributed by atoms with van der Waals surface area (Å²) in [5.41, 5.74) is 1.01. The Hall–Kier alpha value is -2.48. The van der Waals surface area contributed by atoms with Crippen molar-refractivity contribution in [2.45, 2.75) is 12.6 Å². The molecule has 8 heteroatoms. The van der Waals surface area contributed by atoms with Gasteiger partial charge in [-0.1, -0.05) is 30.3 Å². The first-order valence-corrected chi connectivity index (χ1v) is 6.00. The van der Waals surface area contributed by atoms with E-state index in [0.29, 0.717) is 6.61 Å². The van der Waals surface area contributed by atoms with E-state index in [-0.39, 0.29) is 12.4 Å². The molecule has 1 atom stereocenters. The average molecular weight is 277 g/mol. The van der Waals surface area contributed by atoms with Gasteiger partial charge in [0.1, 0.15) is 6.04 Å². The Bertz CT molecular complexity index is 557. The fourth-order valence-electron chi connectivity index (χ4n) is 1.64. The molecule has 0 aliphatic rings. The molecule has 1 aromatic carbocycles. The number of amides is 1. The lowest BCUT2D eigenvalue weighted by Crippen LogP contribution is -2.31. The van der Waals surface area contributed by atoms with Crippen molar-refractivity contribution in [1.82, 2.24) is 25.5 Å². The van der Waals surface area contributed by atoms with Crippen molar-refractivity contribution in [2.24, 2.45) is 7.05 Å². The van der Waals surface area contributed by atoms with Crippen molar-refractivity contribution in [3.05, 3.63) is 41.7 Å². The predicted octanol–water partition coefficient (Wildman–Crippen LogP) is 0.736. The fraction of sp³-hybridized carbons (Fsp3) is 0.333. The van der Waals surface area contributed by atoms with Crippen LogP contribution in [0.25, 0.3) is 0 Å². The number of nitrogens with one attached hydrogen (secondary N) is 1. The quantitative estimate of drug-likeness (QED) is 0.807. The van der Waals surface area contributed by atoms with Crippen LogP contribution in [0.4, 0.5) is 4.79 Å². The lowest BCUT2D eigenvalue weighted by atomic mass is 10.2. The normalized spacial score (nSPS) is 12.1. The molecule has 20 heavy (non-hydrogen) atoms. The highest BCUT2D eigenvalue weighted by atomic mass is 16.5. The molecule has 106 valence electrons. The van der Waals surface area contributed by atoms with Gasteiger partial charge < -0.3 is 15.2 Å². The van der Waals surface area contributed by atoms with Gasteiger partial charge in [0.25, 0.3) is 0 Å². The molecule has 8 nitrogen and oxygen atoms in total. The van der Waals surface area contributed by atoms with E-state index in [1.807, 2.05) is 30.3 Å². The summed E-state index contributed by atoms with van der Waals surface area (Å²) in [6.45, 7) is 0.520. The molecular weight excluding hydrogens is 262 g/mol. The molecule has 2 N–H and O–H groups in total. The summed E-state index contributed by atoms with van der Waals surface area (Å²) in [7, 11) is 1.61. The fourth-order valence-corrected chi connectivity index (χ4v) is 1.64. The smallest absolute Gasteiger partial charge is 0.405 e. The van der Waals surface area contributed by atoms with Gasteiger partial charge in [0.2, 0.25) is 0 Å². The van der Waals surface area contributed by atoms with E-state index in [9.17, 15) is 4.79 Å². The maximum Gasteiger partial charge on any atom is 0.405 e. The monoisotopic (exact) mass is 277 g/mol. The second kappa shape index (κ2) is 6.62. The van der Waals surface area contributed by atoms with Gasteiger partial charge in [-0.15, -0.1) is 10.2 Å². The highest BCUT2D eigenvalue weighted by Gasteiger charge is 2.19. The zero-order chi connectivity index (χ0) is 14.4. The predicted molar refractivity (Wildman–Crippen MR) is 68.8 cm³/mol. The topological polar surface area (TPSA) is 102 Å². The molecule has 0 unspecified atom stereocenters. The van der Waals surface area contributed by atoms with Crippen molar-refractivity contribution in [1.29, 1.82) is 0 Å². The second-order valence-electron chi connectivity index (χ2n) is 4.14. The maximum atomic E-state index is 10.8. The van der Waals surface area contributed by atoms with E-state index in [1.165, 1.54) is 4.80 Å². The summed E-state index contributed by atoms with van der Waals surface area (Å²) >= 11 is 0. The summed E-state index contributed by atoms with van der Waals surface area (Å²) < 4.78 is 5.50. The largest absolute Gasteiger partial charge is 0.465 e. The number of ether oxygens (including phenoxy) is 1. The number of tetrazole rings is 1. The Balaban J connectivity index is 1.93. The van der Waals surface area contributed by atoms with E-state index in [4.69, 9.17) is 9.84 Å². The third kappa shape index (κ3) is 4.02. The van der Waals surface area contributed by atoms with E-state index >= 15 is 0 Å². The van der Waals surface area contributed by atoms with Crippen molar-refractivity contribution in [2.75, 3.05) is 6.61 Å². The van der Waals surface area contributed by atoms with Crippen molar-refractivity contribution >= 4 is 6.09 Å². The van der Waals surface area contributed by atoms with Crippen LogP contribution in [0.3, 0.4) is 0 Å². The lowest BCUT2D eigenvalue weighted by Gasteiger charge is -2.13. The Morgan fingerprint density at radius 3 is 2.80 bits per heavy atom. The molecule has 0 radical (unpaired) electrons. The minimum atomic E-state index is -1.16. The Kier molecular flexibility index (Phi) is 4.61. The van der Waals surface area contributed by atoms with Gasteiger partial charge in [-0.05, 0) is 10.8 Å². The van der Waals surface area contributed by atoms with Crippen LogP contribution in [0.1, 0.15) is 17.4 Å². The molecule has 1 heterocycles. The summed E-state index contributed by atoms with van der Waals surface area (Å²) in [5, 5.41) is 22.6. The van der Waals surface area contributed by atoms with E-state index in [2.05, 4.69) is 20.7 Å². The number of carboxylic acid groups (broad SMARTS) is 1. The number of hydrogen-bond acceptors (Lipinski definition) is 5. The van der Waals surface area contributed by atoms with Crippen LogP contribution >= 0.6 is 0 Å². The average Bonchev–Trinajstić information content (AvgIpc) is 2.85. The SMILES string of the molecule is Cn1nnc([C@H](COCc2ccccc2)NC(=O)O)n1. The highest BCUT2D eigenvalue weighted by Crippen LogP contribution is 2.09. The van der Waals surface area contributed by atoms with Crippen LogP contribution in [0, 0.1) is 0 Å². The number of hydrogen-bond donors (Lipinski definition) is 2. The lowest BCUT2D eigenvalue weighted by molar-refractivity contribution is 0.0942. The van der Waals surface area contributed by atoms with Crippen LogP contribution < -0.4 is 5.32 Å². The van der Waals surface area contributed by atoms with Crippen molar-refractivity contribution < 1.29 is 14.6 Å². The second-order valence-corrected chi connectivity index (χ2v) is 4.14. The first kappa shape index (κ1) is 13.9. The molecular formula is C12H15N5O3. The minimum absolute atomic E-state index is 0.132. The Morgan fingerprint density at radius 2 is 2.20 bits per heavy atom. The third-order valence-electron chi connectivity index (χ3n) is 2.53. The van der Waals surface area contributed by atoms with E-state index in [0.717, 1.165) is 5.56 Å². The zero-order valence-electron chi connectivity index (χ0n) is 10.9. The number of aryl methyl sites for hydroxylation is 1. The molecule has 0 saturated carbocycles. The van der Waals surface area contributed by atoms with Gasteiger partial charge in [0.05, 0.1) is 20.3 Å². The molecule has 0 bridgehead atoms. The zero-order valence-corrected chi connectivity index (χ0v) is 10.9. The molecule has 2 aromatic rings. The molecule has 1 aromatic heterocycles. The van der Waals surface area contributed by atoms with Crippen LogP contribution in [0.2, 0.25) is 0 Å². The molecule has 0 saturated heterocycles. The van der Waals surface area contributed by atoms with Crippen LogP contribution in [0.5, 0.6) is 0 Å². The van der Waals surface area contributed by atoms with Crippen LogP contribution in [0.15, 0.2) is 30.3 Å². The first-order valence-electron chi connectivity index (χ1n) is 6.00. The number of benzene rings is 1. The van der Waals surface area contributed by atoms with Gasteiger partial charge in [0, 0.05) is 0 Å². The maximum absolute atomic E-state index is 10.8. The van der Waals surface area contributed by atoms with Crippen molar-refractivity contribution in [3.8, 4) is 0 Å². The van der Waals surface area contributed by atoms with Gasteiger partial charge in [-0.25, -0.2) is 4.79 Å².